The van der Waals surface area contributed by atoms with Crippen LogP contribution < -0.4 is 5.32 Å². The lowest BCUT2D eigenvalue weighted by Crippen LogP contribution is -2.42. The fourth-order valence-corrected chi connectivity index (χ4v) is 1.60. The minimum Gasteiger partial charge on any atom is -0.479 e. The highest BCUT2D eigenvalue weighted by molar-refractivity contribution is 5.83. The molecule has 98 valence electrons. The zero-order chi connectivity index (χ0) is 13.5. The summed E-state index contributed by atoms with van der Waals surface area (Å²) in [5, 5.41) is 11.7. The number of carbonyl (C=O) groups excluding carboxylic acids is 1. The second-order valence-electron chi connectivity index (χ2n) is 4.05. The van der Waals surface area contributed by atoms with Gasteiger partial charge in [0.25, 0.3) is 0 Å². The summed E-state index contributed by atoms with van der Waals surface area (Å²) < 4.78 is 0. The Bertz CT molecular complexity index is 406. The molecule has 0 unspecified atom stereocenters. The summed E-state index contributed by atoms with van der Waals surface area (Å²) in [5.41, 5.74) is 0.559. The number of aliphatic carboxylic acids is 1. The van der Waals surface area contributed by atoms with Crippen LogP contribution in [0.25, 0.3) is 0 Å². The molecule has 0 heterocycles. The van der Waals surface area contributed by atoms with Crippen LogP contribution >= 0.6 is 0 Å². The number of amides is 2. The Hall–Kier alpha value is -2.04. The van der Waals surface area contributed by atoms with Gasteiger partial charge in [-0.25, -0.2) is 9.59 Å². The van der Waals surface area contributed by atoms with Crippen LogP contribution in [0.1, 0.15) is 24.9 Å². The molecule has 1 aromatic carbocycles. The lowest BCUT2D eigenvalue weighted by molar-refractivity contribution is -0.139. The predicted molar refractivity (Wildman–Crippen MR) is 68.3 cm³/mol. The van der Waals surface area contributed by atoms with Crippen LogP contribution in [0.2, 0.25) is 0 Å². The molecule has 0 spiro atoms. The number of nitrogens with one attached hydrogen (secondary N) is 1. The van der Waals surface area contributed by atoms with Crippen LogP contribution in [-0.2, 0) is 4.79 Å². The number of carboxylic acid groups (broad SMARTS) is 1. The van der Waals surface area contributed by atoms with E-state index in [9.17, 15) is 9.59 Å². The maximum Gasteiger partial charge on any atom is 0.330 e. The Balaban J connectivity index is 2.76. The second kappa shape index (κ2) is 6.64. The molecule has 18 heavy (non-hydrogen) atoms. The van der Waals surface area contributed by atoms with Gasteiger partial charge in [0.05, 0.1) is 0 Å². The third kappa shape index (κ3) is 3.76. The average Bonchev–Trinajstić information content (AvgIpc) is 2.36. The van der Waals surface area contributed by atoms with E-state index in [1.165, 1.54) is 4.90 Å². The van der Waals surface area contributed by atoms with Gasteiger partial charge in [0.1, 0.15) is 0 Å². The van der Waals surface area contributed by atoms with Crippen LogP contribution in [0.3, 0.4) is 0 Å². The van der Waals surface area contributed by atoms with Crippen molar-refractivity contribution in [3.05, 3.63) is 35.9 Å². The van der Waals surface area contributed by atoms with Gasteiger partial charge in [-0.3, -0.25) is 0 Å². The molecule has 0 aromatic heterocycles. The zero-order valence-corrected chi connectivity index (χ0v) is 10.6. The van der Waals surface area contributed by atoms with Crippen molar-refractivity contribution >= 4 is 12.0 Å². The summed E-state index contributed by atoms with van der Waals surface area (Å²) in [6.07, 6.45) is 0.826. The quantitative estimate of drug-likeness (QED) is 0.838. The maximum absolute atomic E-state index is 11.8. The molecule has 2 N–H and O–H groups in total. The summed E-state index contributed by atoms with van der Waals surface area (Å²) in [6, 6.07) is 7.25. The van der Waals surface area contributed by atoms with Gasteiger partial charge >= 0.3 is 12.0 Å². The molecule has 0 aliphatic rings. The van der Waals surface area contributed by atoms with E-state index in [4.69, 9.17) is 5.11 Å². The van der Waals surface area contributed by atoms with Gasteiger partial charge in [0.15, 0.2) is 6.04 Å². The Kier molecular flexibility index (Phi) is 5.17. The van der Waals surface area contributed by atoms with Gasteiger partial charge in [-0.05, 0) is 12.0 Å². The average molecular weight is 250 g/mol. The highest BCUT2D eigenvalue weighted by Crippen LogP contribution is 2.12. The van der Waals surface area contributed by atoms with Crippen molar-refractivity contribution in [1.29, 1.82) is 0 Å². The zero-order valence-electron chi connectivity index (χ0n) is 10.6. The number of urea groups is 1. The summed E-state index contributed by atoms with van der Waals surface area (Å²) in [6.45, 7) is 2.54. The molecule has 0 aliphatic heterocycles. The minimum atomic E-state index is -1.07. The summed E-state index contributed by atoms with van der Waals surface area (Å²) in [4.78, 5) is 24.4. The van der Waals surface area contributed by atoms with Gasteiger partial charge in [-0.15, -0.1) is 0 Å². The van der Waals surface area contributed by atoms with Crippen LogP contribution in [-0.4, -0.2) is 35.6 Å². The van der Waals surface area contributed by atoms with Crippen molar-refractivity contribution in [2.45, 2.75) is 19.4 Å². The van der Waals surface area contributed by atoms with Crippen LogP contribution in [0.5, 0.6) is 0 Å². The fraction of sp³-hybridized carbons (Fsp3) is 0.385. The summed E-state index contributed by atoms with van der Waals surface area (Å²) in [7, 11) is 1.64. The highest BCUT2D eigenvalue weighted by atomic mass is 16.4. The number of benzene rings is 1. The first kappa shape index (κ1) is 14.0. The molecule has 5 heteroatoms. The summed E-state index contributed by atoms with van der Waals surface area (Å²) in [5.74, 6) is -1.07. The van der Waals surface area contributed by atoms with Crippen molar-refractivity contribution in [3.63, 3.8) is 0 Å². The van der Waals surface area contributed by atoms with Gasteiger partial charge in [0, 0.05) is 13.6 Å². The van der Waals surface area contributed by atoms with E-state index in [0.29, 0.717) is 12.1 Å². The van der Waals surface area contributed by atoms with Crippen molar-refractivity contribution in [2.24, 2.45) is 0 Å². The normalized spacial score (nSPS) is 11.7. The SMILES string of the molecule is CCCN(C)C(=O)N[C@@H](C(=O)O)c1ccccc1. The second-order valence-corrected chi connectivity index (χ2v) is 4.05. The predicted octanol–water partition coefficient (Wildman–Crippen LogP) is 1.86. The fourth-order valence-electron chi connectivity index (χ4n) is 1.60. The van der Waals surface area contributed by atoms with Gasteiger partial charge in [-0.2, -0.15) is 0 Å². The summed E-state index contributed by atoms with van der Waals surface area (Å²) >= 11 is 0. The number of nitrogens with zero attached hydrogens (tertiary/aromatic N) is 1. The molecule has 0 bridgehead atoms. The number of hydrogen-bond donors (Lipinski definition) is 2. The molecule has 2 amide bonds. The third-order valence-corrected chi connectivity index (χ3v) is 2.55. The smallest absolute Gasteiger partial charge is 0.330 e. The Morgan fingerprint density at radius 2 is 1.94 bits per heavy atom. The third-order valence-electron chi connectivity index (χ3n) is 2.55. The van der Waals surface area contributed by atoms with E-state index in [1.807, 2.05) is 6.92 Å². The number of carbonyl (C=O) groups is 2. The first-order chi connectivity index (χ1) is 8.56. The van der Waals surface area contributed by atoms with Crippen LogP contribution in [0.15, 0.2) is 30.3 Å². The van der Waals surface area contributed by atoms with Crippen LogP contribution in [0.4, 0.5) is 4.79 Å². The molecular formula is C13H18N2O3. The van der Waals surface area contributed by atoms with E-state index >= 15 is 0 Å². The van der Waals surface area contributed by atoms with E-state index in [0.717, 1.165) is 6.42 Å². The van der Waals surface area contributed by atoms with Crippen LogP contribution in [0, 0.1) is 0 Å². The molecule has 1 aromatic rings. The molecule has 0 radical (unpaired) electrons. The monoisotopic (exact) mass is 250 g/mol. The van der Waals surface area contributed by atoms with E-state index < -0.39 is 12.0 Å². The maximum atomic E-state index is 11.8. The van der Waals surface area contributed by atoms with Crippen molar-refractivity contribution in [1.82, 2.24) is 10.2 Å². The lowest BCUT2D eigenvalue weighted by Gasteiger charge is -2.21. The molecule has 0 aliphatic carbocycles. The van der Waals surface area contributed by atoms with E-state index in [-0.39, 0.29) is 6.03 Å². The molecule has 1 atom stereocenters. The molecule has 0 saturated carbocycles. The first-order valence-electron chi connectivity index (χ1n) is 5.85. The highest BCUT2D eigenvalue weighted by Gasteiger charge is 2.22. The Labute approximate surface area is 106 Å². The standard InChI is InChI=1S/C13H18N2O3/c1-3-9-15(2)13(18)14-11(12(16)17)10-7-5-4-6-8-10/h4-8,11H,3,9H2,1-2H3,(H,14,18)(H,16,17)/t11-/m1/s1. The van der Waals surface area contributed by atoms with Crippen molar-refractivity contribution in [2.75, 3.05) is 13.6 Å². The minimum absolute atomic E-state index is 0.381. The van der Waals surface area contributed by atoms with Crippen molar-refractivity contribution in [3.8, 4) is 0 Å². The molecule has 1 rings (SSSR count). The van der Waals surface area contributed by atoms with E-state index in [2.05, 4.69) is 5.32 Å². The van der Waals surface area contributed by atoms with E-state index in [1.54, 1.807) is 37.4 Å². The Morgan fingerprint density at radius 1 is 1.33 bits per heavy atom. The van der Waals surface area contributed by atoms with Gasteiger partial charge in [-0.1, -0.05) is 37.3 Å². The first-order valence-corrected chi connectivity index (χ1v) is 5.85. The molecule has 0 saturated heterocycles. The lowest BCUT2D eigenvalue weighted by atomic mass is 10.1. The molecule has 0 fully saturated rings. The topological polar surface area (TPSA) is 69.6 Å². The number of carboxylic acids is 1. The van der Waals surface area contributed by atoms with Crippen molar-refractivity contribution < 1.29 is 14.7 Å². The van der Waals surface area contributed by atoms with Gasteiger partial charge < -0.3 is 15.3 Å². The number of hydrogen-bond acceptors (Lipinski definition) is 2. The molecular weight excluding hydrogens is 232 g/mol. The number of rotatable bonds is 5. The Morgan fingerprint density at radius 3 is 2.44 bits per heavy atom. The largest absolute Gasteiger partial charge is 0.479 e. The molecule has 5 nitrogen and oxygen atoms in total. The van der Waals surface area contributed by atoms with Gasteiger partial charge in [0.2, 0.25) is 0 Å².